The van der Waals surface area contributed by atoms with Crippen LogP contribution in [-0.4, -0.2) is 74.1 Å². The first-order chi connectivity index (χ1) is 16.1. The molecule has 1 N–H and O–H groups in total. The Morgan fingerprint density at radius 1 is 1.09 bits per heavy atom. The van der Waals surface area contributed by atoms with Crippen LogP contribution in [0.15, 0.2) is 0 Å². The number of nitriles is 1. The largest absolute Gasteiger partial charge is 0.379 e. The van der Waals surface area contributed by atoms with Crippen molar-refractivity contribution in [2.45, 2.75) is 98.8 Å². The summed E-state index contributed by atoms with van der Waals surface area (Å²) in [7, 11) is -1.33. The second kappa shape index (κ2) is 16.8. The van der Waals surface area contributed by atoms with Crippen molar-refractivity contribution in [3.63, 3.8) is 0 Å². The van der Waals surface area contributed by atoms with Crippen LogP contribution in [0.25, 0.3) is 0 Å². The SMILES string of the molecule is CCCOCC1OC(OCCOP(OCCC#N)N(C(C)C)C(C)C)C(NC(C)=O)C(C)C1C. The predicted octanol–water partition coefficient (Wildman–Crippen LogP) is 4.22. The zero-order valence-electron chi connectivity index (χ0n) is 22.3. The van der Waals surface area contributed by atoms with Gasteiger partial charge >= 0.3 is 0 Å². The smallest absolute Gasteiger partial charge is 0.259 e. The van der Waals surface area contributed by atoms with Crippen LogP contribution >= 0.6 is 8.53 Å². The molecule has 0 spiro atoms. The van der Waals surface area contributed by atoms with Crippen LogP contribution in [0.3, 0.4) is 0 Å². The minimum Gasteiger partial charge on any atom is -0.379 e. The van der Waals surface area contributed by atoms with Gasteiger partial charge in [-0.2, -0.15) is 5.26 Å². The first kappa shape index (κ1) is 31.2. The zero-order chi connectivity index (χ0) is 25.7. The van der Waals surface area contributed by atoms with Crippen LogP contribution in [0.2, 0.25) is 0 Å². The fraction of sp³-hybridized carbons (Fsp3) is 0.917. The number of nitrogens with zero attached hydrogens (tertiary/aromatic N) is 2. The molecule has 0 radical (unpaired) electrons. The average molecular weight is 504 g/mol. The van der Waals surface area contributed by atoms with Crippen LogP contribution in [0.5, 0.6) is 0 Å². The summed E-state index contributed by atoms with van der Waals surface area (Å²) in [5, 5.41) is 11.9. The standard InChI is InChI=1S/C24H46N3O6P/c1-9-12-29-16-22-19(6)20(7)23(26-21(8)28)24(33-22)30-14-15-32-34(31-13-10-11-25)27(17(2)3)18(4)5/h17-20,22-24H,9-10,12-16H2,1-8H3,(H,26,28). The Kier molecular flexibility index (Phi) is 15.4. The predicted molar refractivity (Wildman–Crippen MR) is 133 cm³/mol. The van der Waals surface area contributed by atoms with Gasteiger partial charge in [-0.1, -0.05) is 20.8 Å². The van der Waals surface area contributed by atoms with Crippen molar-refractivity contribution in [2.24, 2.45) is 11.8 Å². The van der Waals surface area contributed by atoms with Gasteiger partial charge < -0.3 is 28.6 Å². The summed E-state index contributed by atoms with van der Waals surface area (Å²) in [5.74, 6) is 0.247. The van der Waals surface area contributed by atoms with Crippen LogP contribution in [0.4, 0.5) is 0 Å². The third-order valence-corrected chi connectivity index (χ3v) is 7.92. The Balaban J connectivity index is 2.77. The minimum absolute atomic E-state index is 0.110. The van der Waals surface area contributed by atoms with Crippen molar-refractivity contribution in [1.29, 1.82) is 5.26 Å². The molecule has 1 fully saturated rings. The van der Waals surface area contributed by atoms with Gasteiger partial charge in [-0.25, -0.2) is 4.67 Å². The summed E-state index contributed by atoms with van der Waals surface area (Å²) >= 11 is 0. The molecule has 9 nitrogen and oxygen atoms in total. The second-order valence-corrected chi connectivity index (χ2v) is 10.8. The Morgan fingerprint density at radius 3 is 2.29 bits per heavy atom. The van der Waals surface area contributed by atoms with Crippen molar-refractivity contribution in [3.8, 4) is 6.07 Å². The highest BCUT2D eigenvalue weighted by Gasteiger charge is 2.42. The molecule has 0 aromatic heterocycles. The van der Waals surface area contributed by atoms with E-state index in [1.807, 2.05) is 0 Å². The van der Waals surface area contributed by atoms with E-state index in [1.54, 1.807) is 0 Å². The van der Waals surface area contributed by atoms with Gasteiger partial charge in [0.2, 0.25) is 5.91 Å². The van der Waals surface area contributed by atoms with Gasteiger partial charge in [-0.15, -0.1) is 0 Å². The normalized spacial score (nSPS) is 26.1. The summed E-state index contributed by atoms with van der Waals surface area (Å²) in [6.07, 6.45) is 0.562. The van der Waals surface area contributed by atoms with Crippen LogP contribution in [0.1, 0.15) is 68.2 Å². The molecule has 0 aromatic rings. The zero-order valence-corrected chi connectivity index (χ0v) is 23.2. The highest BCUT2D eigenvalue weighted by atomic mass is 31.2. The van der Waals surface area contributed by atoms with Gasteiger partial charge in [0.25, 0.3) is 8.53 Å². The van der Waals surface area contributed by atoms with Crippen molar-refractivity contribution in [1.82, 2.24) is 9.99 Å². The number of nitrogens with one attached hydrogen (secondary N) is 1. The molecule has 1 aliphatic heterocycles. The lowest BCUT2D eigenvalue weighted by atomic mass is 9.82. The molecule has 198 valence electrons. The molecule has 0 aromatic carbocycles. The van der Waals surface area contributed by atoms with Gasteiger partial charge in [-0.3, -0.25) is 4.79 Å². The number of ether oxygens (including phenoxy) is 3. The molecule has 10 heteroatoms. The highest BCUT2D eigenvalue weighted by molar-refractivity contribution is 7.44. The van der Waals surface area contributed by atoms with Crippen LogP contribution < -0.4 is 5.32 Å². The number of rotatable bonds is 16. The van der Waals surface area contributed by atoms with E-state index in [4.69, 9.17) is 28.5 Å². The molecule has 1 saturated heterocycles. The van der Waals surface area contributed by atoms with E-state index in [9.17, 15) is 4.79 Å². The lowest BCUT2D eigenvalue weighted by molar-refractivity contribution is -0.246. The average Bonchev–Trinajstić information content (AvgIpc) is 2.76. The molecule has 0 aliphatic carbocycles. The van der Waals surface area contributed by atoms with E-state index in [0.717, 1.165) is 6.42 Å². The van der Waals surface area contributed by atoms with E-state index < -0.39 is 14.8 Å². The fourth-order valence-electron chi connectivity index (χ4n) is 4.00. The highest BCUT2D eigenvalue weighted by Crippen LogP contribution is 2.45. The summed E-state index contributed by atoms with van der Waals surface area (Å²) in [6, 6.07) is 2.30. The third-order valence-electron chi connectivity index (χ3n) is 5.81. The monoisotopic (exact) mass is 503 g/mol. The molecule has 1 aliphatic rings. The topological polar surface area (TPSA) is 102 Å². The summed E-state index contributed by atoms with van der Waals surface area (Å²) in [4.78, 5) is 11.8. The number of hydrogen-bond donors (Lipinski definition) is 1. The number of carbonyl (C=O) groups is 1. The Labute approximate surface area is 207 Å². The maximum Gasteiger partial charge on any atom is 0.259 e. The van der Waals surface area contributed by atoms with Gasteiger partial charge in [0.1, 0.15) is 0 Å². The van der Waals surface area contributed by atoms with E-state index in [-0.39, 0.29) is 48.6 Å². The van der Waals surface area contributed by atoms with Crippen molar-refractivity contribution >= 4 is 14.4 Å². The van der Waals surface area contributed by atoms with E-state index >= 15 is 0 Å². The molecule has 1 heterocycles. The Bertz CT molecular complexity index is 610. The maximum atomic E-state index is 11.8. The third kappa shape index (κ3) is 10.4. The van der Waals surface area contributed by atoms with Gasteiger partial charge in [-0.05, 0) is 46.0 Å². The van der Waals surface area contributed by atoms with Crippen molar-refractivity contribution < 1.29 is 28.1 Å². The molecule has 34 heavy (non-hydrogen) atoms. The van der Waals surface area contributed by atoms with Gasteiger partial charge in [0.05, 0.1) is 51.1 Å². The van der Waals surface area contributed by atoms with Crippen molar-refractivity contribution in [2.75, 3.05) is 33.0 Å². The maximum absolute atomic E-state index is 11.8. The van der Waals surface area contributed by atoms with E-state index in [1.165, 1.54) is 6.92 Å². The number of carbonyl (C=O) groups excluding carboxylic acids is 1. The van der Waals surface area contributed by atoms with Crippen LogP contribution in [-0.2, 0) is 28.1 Å². The Hall–Kier alpha value is -0.850. The minimum atomic E-state index is -1.33. The molecule has 0 saturated carbocycles. The molecule has 1 rings (SSSR count). The molecular weight excluding hydrogens is 457 g/mol. The second-order valence-electron chi connectivity index (χ2n) is 9.31. The quantitative estimate of drug-likeness (QED) is 0.247. The first-order valence-corrected chi connectivity index (χ1v) is 13.6. The Morgan fingerprint density at radius 2 is 1.74 bits per heavy atom. The molecule has 1 amide bonds. The van der Waals surface area contributed by atoms with E-state index in [0.29, 0.717) is 32.8 Å². The summed E-state index contributed by atoms with van der Waals surface area (Å²) in [6.45, 7) is 18.3. The summed E-state index contributed by atoms with van der Waals surface area (Å²) < 4.78 is 32.3. The van der Waals surface area contributed by atoms with Crippen molar-refractivity contribution in [3.05, 3.63) is 0 Å². The lowest BCUT2D eigenvalue weighted by Crippen LogP contribution is -2.58. The summed E-state index contributed by atoms with van der Waals surface area (Å²) in [5.41, 5.74) is 0. The number of hydrogen-bond acceptors (Lipinski definition) is 8. The molecule has 6 atom stereocenters. The fourth-order valence-corrected chi connectivity index (χ4v) is 5.57. The first-order valence-electron chi connectivity index (χ1n) is 12.5. The number of amides is 1. The molecule has 0 bridgehead atoms. The van der Waals surface area contributed by atoms with Gasteiger partial charge in [0.15, 0.2) is 6.29 Å². The molecular formula is C24H46N3O6P. The lowest BCUT2D eigenvalue weighted by Gasteiger charge is -2.44. The van der Waals surface area contributed by atoms with Crippen LogP contribution in [0, 0.1) is 23.2 Å². The van der Waals surface area contributed by atoms with E-state index in [2.05, 4.69) is 64.5 Å². The van der Waals surface area contributed by atoms with Gasteiger partial charge in [0, 0.05) is 25.6 Å². The molecule has 6 unspecified atom stereocenters.